The minimum atomic E-state index is -0.273. The van der Waals surface area contributed by atoms with E-state index in [1.807, 2.05) is 19.2 Å². The number of benzene rings is 1. The van der Waals surface area contributed by atoms with Gasteiger partial charge in [0.05, 0.1) is 11.5 Å². The van der Waals surface area contributed by atoms with Gasteiger partial charge in [0.25, 0.3) is 0 Å². The molecule has 0 unspecified atom stereocenters. The second-order valence-electron chi connectivity index (χ2n) is 6.86. The molecule has 2 aromatic heterocycles. The lowest BCUT2D eigenvalue weighted by atomic mass is 10.1. The zero-order chi connectivity index (χ0) is 20.6. The first-order valence-electron chi connectivity index (χ1n) is 9.65. The summed E-state index contributed by atoms with van der Waals surface area (Å²) in [6.45, 7) is 5.67. The number of carbonyl (C=O) groups excluding carboxylic acids is 1. The molecular formula is C21H25FN4O2S. The molecule has 2 N–H and O–H groups in total. The number of ether oxygens (including phenoxy) is 1. The van der Waals surface area contributed by atoms with Crippen LogP contribution in [0, 0.1) is 5.82 Å². The van der Waals surface area contributed by atoms with Crippen molar-refractivity contribution in [3.8, 4) is 11.1 Å². The largest absolute Gasteiger partial charge is 0.379 e. The van der Waals surface area contributed by atoms with Crippen molar-refractivity contribution in [3.05, 3.63) is 41.8 Å². The van der Waals surface area contributed by atoms with Crippen molar-refractivity contribution in [1.82, 2.24) is 15.3 Å². The van der Waals surface area contributed by atoms with E-state index < -0.39 is 0 Å². The average Bonchev–Trinajstić information content (AvgIpc) is 3.13. The average molecular weight is 417 g/mol. The van der Waals surface area contributed by atoms with E-state index in [1.54, 1.807) is 12.1 Å². The summed E-state index contributed by atoms with van der Waals surface area (Å²) in [6, 6.07) is 6.35. The van der Waals surface area contributed by atoms with Crippen molar-refractivity contribution < 1.29 is 13.9 Å². The molecule has 0 aliphatic carbocycles. The molecule has 2 heterocycles. The van der Waals surface area contributed by atoms with Gasteiger partial charge in [-0.2, -0.15) is 0 Å². The Morgan fingerprint density at radius 3 is 2.76 bits per heavy atom. The Morgan fingerprint density at radius 2 is 2.00 bits per heavy atom. The van der Waals surface area contributed by atoms with Gasteiger partial charge in [-0.3, -0.25) is 4.79 Å². The first kappa shape index (κ1) is 21.1. The summed E-state index contributed by atoms with van der Waals surface area (Å²) in [6.07, 6.45) is 2.84. The maximum absolute atomic E-state index is 13.3. The zero-order valence-corrected chi connectivity index (χ0v) is 17.4. The monoisotopic (exact) mass is 416 g/mol. The Bertz CT molecular complexity index is 944. The number of rotatable bonds is 10. The van der Waals surface area contributed by atoms with E-state index in [0.717, 1.165) is 27.8 Å². The Morgan fingerprint density at radius 1 is 1.21 bits per heavy atom. The second-order valence-corrected chi connectivity index (χ2v) is 7.72. The first-order valence-corrected chi connectivity index (χ1v) is 10.5. The van der Waals surface area contributed by atoms with Crippen LogP contribution in [0.3, 0.4) is 0 Å². The highest BCUT2D eigenvalue weighted by Crippen LogP contribution is 2.36. The fourth-order valence-corrected chi connectivity index (χ4v) is 3.77. The molecule has 1 amide bonds. The number of fused-ring (bicyclic) bond motifs is 1. The fourth-order valence-electron chi connectivity index (χ4n) is 2.85. The third kappa shape index (κ3) is 5.95. The molecule has 6 nitrogen and oxygen atoms in total. The van der Waals surface area contributed by atoms with E-state index in [9.17, 15) is 9.18 Å². The Hall–Kier alpha value is -2.58. The zero-order valence-electron chi connectivity index (χ0n) is 16.6. The molecule has 8 heteroatoms. The van der Waals surface area contributed by atoms with Crippen molar-refractivity contribution >= 4 is 33.3 Å². The molecule has 0 saturated heterocycles. The standard InChI is InChI=1S/C21H25FN4O2S/c1-14(2)28-11-3-9-23-18(27)8-10-24-20-19-17(12-29-21(19)26-13-25-20)15-4-6-16(22)7-5-15/h4-7,12-14H,3,8-11H2,1-2H3,(H,23,27)(H,24,25,26). The molecular weight excluding hydrogens is 391 g/mol. The summed E-state index contributed by atoms with van der Waals surface area (Å²) < 4.78 is 18.7. The highest BCUT2D eigenvalue weighted by atomic mass is 32.1. The number of thiophene rings is 1. The quantitative estimate of drug-likeness (QED) is 0.484. The number of halogens is 1. The number of anilines is 1. The maximum Gasteiger partial charge on any atom is 0.221 e. The van der Waals surface area contributed by atoms with Gasteiger partial charge in [0.2, 0.25) is 5.91 Å². The summed E-state index contributed by atoms with van der Waals surface area (Å²) in [7, 11) is 0. The lowest BCUT2D eigenvalue weighted by molar-refractivity contribution is -0.120. The summed E-state index contributed by atoms with van der Waals surface area (Å²) in [4.78, 5) is 21.5. The molecule has 3 aromatic rings. The SMILES string of the molecule is CC(C)OCCCNC(=O)CCNc1ncnc2scc(-c3ccc(F)cc3)c12. The van der Waals surface area contributed by atoms with Crippen LogP contribution in [0.5, 0.6) is 0 Å². The van der Waals surface area contributed by atoms with Gasteiger partial charge < -0.3 is 15.4 Å². The number of amides is 1. The summed E-state index contributed by atoms with van der Waals surface area (Å²) in [5.74, 6) is 0.384. The number of hydrogen-bond donors (Lipinski definition) is 2. The first-order chi connectivity index (χ1) is 14.0. The molecule has 0 spiro atoms. The van der Waals surface area contributed by atoms with Crippen LogP contribution in [0.1, 0.15) is 26.7 Å². The van der Waals surface area contributed by atoms with Crippen molar-refractivity contribution in [2.24, 2.45) is 0 Å². The highest BCUT2D eigenvalue weighted by molar-refractivity contribution is 7.17. The van der Waals surface area contributed by atoms with E-state index in [-0.39, 0.29) is 17.8 Å². The fraction of sp³-hybridized carbons (Fsp3) is 0.381. The third-order valence-electron chi connectivity index (χ3n) is 4.26. The summed E-state index contributed by atoms with van der Waals surface area (Å²) >= 11 is 1.51. The Balaban J connectivity index is 1.57. The predicted octanol–water partition coefficient (Wildman–Crippen LogP) is 4.23. The number of nitrogens with zero attached hydrogens (tertiary/aromatic N) is 2. The molecule has 29 heavy (non-hydrogen) atoms. The molecule has 0 aliphatic rings. The smallest absolute Gasteiger partial charge is 0.221 e. The van der Waals surface area contributed by atoms with Crippen LogP contribution in [-0.4, -0.2) is 41.7 Å². The van der Waals surface area contributed by atoms with E-state index in [2.05, 4.69) is 20.6 Å². The molecule has 0 saturated carbocycles. The van der Waals surface area contributed by atoms with Crippen molar-refractivity contribution in [2.75, 3.05) is 25.0 Å². The molecule has 0 fully saturated rings. The van der Waals surface area contributed by atoms with Gasteiger partial charge in [0.1, 0.15) is 22.8 Å². The minimum Gasteiger partial charge on any atom is -0.379 e. The van der Waals surface area contributed by atoms with Crippen LogP contribution in [-0.2, 0) is 9.53 Å². The molecule has 0 radical (unpaired) electrons. The third-order valence-corrected chi connectivity index (χ3v) is 5.15. The number of hydrogen-bond acceptors (Lipinski definition) is 6. The normalized spacial score (nSPS) is 11.2. The van der Waals surface area contributed by atoms with Gasteiger partial charge in [0, 0.05) is 37.1 Å². The van der Waals surface area contributed by atoms with Gasteiger partial charge in [0.15, 0.2) is 0 Å². The molecule has 0 aliphatic heterocycles. The van der Waals surface area contributed by atoms with Gasteiger partial charge in [-0.25, -0.2) is 14.4 Å². The topological polar surface area (TPSA) is 76.1 Å². The second kappa shape index (κ2) is 10.3. The van der Waals surface area contributed by atoms with Gasteiger partial charge in [-0.1, -0.05) is 12.1 Å². The van der Waals surface area contributed by atoms with Crippen LogP contribution in [0.2, 0.25) is 0 Å². The van der Waals surface area contributed by atoms with E-state index in [1.165, 1.54) is 29.8 Å². The van der Waals surface area contributed by atoms with Gasteiger partial charge >= 0.3 is 0 Å². The van der Waals surface area contributed by atoms with Crippen molar-refractivity contribution in [1.29, 1.82) is 0 Å². The van der Waals surface area contributed by atoms with Crippen molar-refractivity contribution in [3.63, 3.8) is 0 Å². The Labute approximate surface area is 173 Å². The van der Waals surface area contributed by atoms with Gasteiger partial charge in [-0.15, -0.1) is 11.3 Å². The molecule has 0 bridgehead atoms. The van der Waals surface area contributed by atoms with Crippen LogP contribution < -0.4 is 10.6 Å². The number of aromatic nitrogens is 2. The van der Waals surface area contributed by atoms with Crippen LogP contribution in [0.4, 0.5) is 10.2 Å². The molecule has 1 aromatic carbocycles. The lowest BCUT2D eigenvalue weighted by Crippen LogP contribution is -2.27. The number of carbonyl (C=O) groups is 1. The van der Waals surface area contributed by atoms with Crippen LogP contribution in [0.25, 0.3) is 21.3 Å². The van der Waals surface area contributed by atoms with Crippen LogP contribution in [0.15, 0.2) is 36.0 Å². The van der Waals surface area contributed by atoms with Gasteiger partial charge in [-0.05, 0) is 38.0 Å². The highest BCUT2D eigenvalue weighted by Gasteiger charge is 2.13. The Kier molecular flexibility index (Phi) is 7.48. The number of nitrogens with one attached hydrogen (secondary N) is 2. The summed E-state index contributed by atoms with van der Waals surface area (Å²) in [5, 5.41) is 9.01. The predicted molar refractivity (Wildman–Crippen MR) is 115 cm³/mol. The van der Waals surface area contributed by atoms with Crippen molar-refractivity contribution in [2.45, 2.75) is 32.8 Å². The van der Waals surface area contributed by atoms with Crippen LogP contribution >= 0.6 is 11.3 Å². The molecule has 0 atom stereocenters. The van der Waals surface area contributed by atoms with E-state index >= 15 is 0 Å². The van der Waals surface area contributed by atoms with E-state index in [4.69, 9.17) is 4.74 Å². The summed E-state index contributed by atoms with van der Waals surface area (Å²) in [5.41, 5.74) is 1.85. The lowest BCUT2D eigenvalue weighted by Gasteiger charge is -2.10. The minimum absolute atomic E-state index is 0.0172. The molecule has 154 valence electrons. The van der Waals surface area contributed by atoms with E-state index in [0.29, 0.717) is 31.9 Å². The molecule has 3 rings (SSSR count). The maximum atomic E-state index is 13.3.